The molecule has 1 saturated heterocycles. The summed E-state index contributed by atoms with van der Waals surface area (Å²) in [6.45, 7) is 3.98. The first-order chi connectivity index (χ1) is 9.97. The predicted molar refractivity (Wildman–Crippen MR) is 76.0 cm³/mol. The van der Waals surface area contributed by atoms with E-state index in [4.69, 9.17) is 0 Å². The molecule has 112 valence electrons. The molecule has 1 aliphatic heterocycles. The molecule has 1 aliphatic rings. The van der Waals surface area contributed by atoms with Crippen molar-refractivity contribution < 1.29 is 19.1 Å². The van der Waals surface area contributed by atoms with Crippen LogP contribution in [0, 0.1) is 13.8 Å². The Morgan fingerprint density at radius 3 is 2.67 bits per heavy atom. The molecule has 2 N–H and O–H groups in total. The van der Waals surface area contributed by atoms with Crippen molar-refractivity contribution in [3.8, 4) is 0 Å². The molecule has 7 heteroatoms. The fourth-order valence-corrected chi connectivity index (χ4v) is 1.87. The Morgan fingerprint density at radius 2 is 2.05 bits per heavy atom. The number of rotatable bonds is 4. The molecule has 0 atom stereocenters. The van der Waals surface area contributed by atoms with E-state index < -0.39 is 18.0 Å². The number of amides is 4. The van der Waals surface area contributed by atoms with Crippen molar-refractivity contribution in [1.29, 1.82) is 0 Å². The topological polar surface area (TPSA) is 87.7 Å². The molecule has 2 rings (SSSR count). The smallest absolute Gasteiger partial charge is 0.417 e. The highest BCUT2D eigenvalue weighted by Crippen LogP contribution is 2.13. The highest BCUT2D eigenvalue weighted by Gasteiger charge is 2.30. The maximum atomic E-state index is 11.7. The number of carbonyl (C=O) groups excluding carboxylic acids is 3. The molecule has 0 saturated carbocycles. The maximum Gasteiger partial charge on any atom is 0.417 e. The van der Waals surface area contributed by atoms with E-state index in [1.165, 1.54) is 0 Å². The summed E-state index contributed by atoms with van der Waals surface area (Å²) >= 11 is 0. The number of hydrogen-bond acceptors (Lipinski definition) is 4. The molecule has 0 radical (unpaired) electrons. The van der Waals surface area contributed by atoms with E-state index in [0.717, 1.165) is 16.0 Å². The Bertz CT molecular complexity index is 570. The summed E-state index contributed by atoms with van der Waals surface area (Å²) in [5.41, 5.74) is 2.91. The lowest BCUT2D eigenvalue weighted by molar-refractivity contribution is -0.125. The van der Waals surface area contributed by atoms with Crippen LogP contribution in [-0.4, -0.2) is 42.6 Å². The zero-order valence-electron chi connectivity index (χ0n) is 11.9. The van der Waals surface area contributed by atoms with E-state index in [2.05, 4.69) is 15.4 Å². The number of nitrogens with zero attached hydrogens (tertiary/aromatic N) is 1. The summed E-state index contributed by atoms with van der Waals surface area (Å²) in [7, 11) is 0. The van der Waals surface area contributed by atoms with E-state index in [0.29, 0.717) is 5.69 Å². The van der Waals surface area contributed by atoms with Gasteiger partial charge in [-0.05, 0) is 37.1 Å². The van der Waals surface area contributed by atoms with Gasteiger partial charge in [0.25, 0.3) is 5.91 Å². The van der Waals surface area contributed by atoms with Gasteiger partial charge in [0.15, 0.2) is 6.61 Å². The van der Waals surface area contributed by atoms with Crippen molar-refractivity contribution in [2.45, 2.75) is 13.8 Å². The molecular formula is C14H17N3O4. The fraction of sp³-hybridized carbons (Fsp3) is 0.357. The van der Waals surface area contributed by atoms with Crippen LogP contribution in [0.25, 0.3) is 0 Å². The van der Waals surface area contributed by atoms with Gasteiger partial charge in [0.2, 0.25) is 0 Å². The van der Waals surface area contributed by atoms with Gasteiger partial charge < -0.3 is 15.4 Å². The highest BCUT2D eigenvalue weighted by molar-refractivity contribution is 5.97. The molecule has 1 fully saturated rings. The number of anilines is 1. The van der Waals surface area contributed by atoms with Gasteiger partial charge >= 0.3 is 12.1 Å². The van der Waals surface area contributed by atoms with E-state index in [1.807, 2.05) is 32.0 Å². The lowest BCUT2D eigenvalue weighted by Crippen LogP contribution is -2.39. The van der Waals surface area contributed by atoms with Crippen LogP contribution < -0.4 is 10.6 Å². The minimum Gasteiger partial charge on any atom is -0.439 e. The molecule has 0 aromatic heterocycles. The van der Waals surface area contributed by atoms with Gasteiger partial charge in [0.1, 0.15) is 0 Å². The molecule has 4 amide bonds. The van der Waals surface area contributed by atoms with Crippen molar-refractivity contribution in [1.82, 2.24) is 10.2 Å². The zero-order valence-corrected chi connectivity index (χ0v) is 11.9. The number of benzene rings is 1. The minimum atomic E-state index is -0.670. The van der Waals surface area contributed by atoms with Gasteiger partial charge in [0, 0.05) is 18.8 Å². The van der Waals surface area contributed by atoms with Crippen LogP contribution in [0.3, 0.4) is 0 Å². The highest BCUT2D eigenvalue weighted by atomic mass is 16.6. The van der Waals surface area contributed by atoms with Crippen molar-refractivity contribution >= 4 is 23.7 Å². The lowest BCUT2D eigenvalue weighted by Gasteiger charge is -2.12. The van der Waals surface area contributed by atoms with E-state index >= 15 is 0 Å². The van der Waals surface area contributed by atoms with Gasteiger partial charge in [0.05, 0.1) is 0 Å². The molecule has 0 spiro atoms. The Morgan fingerprint density at radius 1 is 1.29 bits per heavy atom. The Balaban J connectivity index is 1.78. The Labute approximate surface area is 122 Å². The average Bonchev–Trinajstić information content (AvgIpc) is 2.74. The standard InChI is InChI=1S/C14H17N3O4/c1-9-3-4-11(7-10(9)2)16-13(19)15-5-6-17-12(18)8-21-14(17)20/h3-4,7H,5-6,8H2,1-2H3,(H2,15,16,19). The Kier molecular flexibility index (Phi) is 4.42. The molecule has 1 heterocycles. The van der Waals surface area contributed by atoms with Gasteiger partial charge in [-0.1, -0.05) is 6.07 Å². The molecular weight excluding hydrogens is 274 g/mol. The number of aryl methyl sites for hydroxylation is 2. The second-order valence-electron chi connectivity index (χ2n) is 4.78. The van der Waals surface area contributed by atoms with Crippen LogP contribution in [0.2, 0.25) is 0 Å². The van der Waals surface area contributed by atoms with Crippen molar-refractivity contribution in [3.05, 3.63) is 29.3 Å². The summed E-state index contributed by atoms with van der Waals surface area (Å²) in [6.07, 6.45) is -0.670. The third-order valence-electron chi connectivity index (χ3n) is 3.23. The van der Waals surface area contributed by atoms with Crippen molar-refractivity contribution in [3.63, 3.8) is 0 Å². The molecule has 7 nitrogen and oxygen atoms in total. The second kappa shape index (κ2) is 6.25. The quantitative estimate of drug-likeness (QED) is 0.877. The first-order valence-electron chi connectivity index (χ1n) is 6.56. The van der Waals surface area contributed by atoms with E-state index in [9.17, 15) is 14.4 Å². The molecule has 1 aromatic carbocycles. The number of hydrogen-bond donors (Lipinski definition) is 2. The predicted octanol–water partition coefficient (Wildman–Crippen LogP) is 1.40. The van der Waals surface area contributed by atoms with Gasteiger partial charge in [-0.2, -0.15) is 0 Å². The number of carbonyl (C=O) groups is 3. The maximum absolute atomic E-state index is 11.7. The van der Waals surface area contributed by atoms with E-state index in [1.54, 1.807) is 0 Å². The van der Waals surface area contributed by atoms with Crippen LogP contribution in [0.4, 0.5) is 15.3 Å². The molecule has 0 unspecified atom stereocenters. The van der Waals surface area contributed by atoms with Crippen molar-refractivity contribution in [2.75, 3.05) is 25.0 Å². The number of ether oxygens (including phenoxy) is 1. The largest absolute Gasteiger partial charge is 0.439 e. The number of urea groups is 1. The molecule has 0 aliphatic carbocycles. The lowest BCUT2D eigenvalue weighted by atomic mass is 10.1. The SMILES string of the molecule is Cc1ccc(NC(=O)NCCN2C(=O)COC2=O)cc1C. The minimum absolute atomic E-state index is 0.0953. The zero-order chi connectivity index (χ0) is 15.4. The van der Waals surface area contributed by atoms with Crippen LogP contribution in [0.1, 0.15) is 11.1 Å². The molecule has 21 heavy (non-hydrogen) atoms. The average molecular weight is 291 g/mol. The monoisotopic (exact) mass is 291 g/mol. The summed E-state index contributed by atoms with van der Waals surface area (Å²) in [5.74, 6) is -0.392. The first-order valence-corrected chi connectivity index (χ1v) is 6.56. The summed E-state index contributed by atoms with van der Waals surface area (Å²) in [6, 6.07) is 5.21. The van der Waals surface area contributed by atoms with E-state index in [-0.39, 0.29) is 19.7 Å². The van der Waals surface area contributed by atoms with Crippen molar-refractivity contribution in [2.24, 2.45) is 0 Å². The third-order valence-corrected chi connectivity index (χ3v) is 3.23. The number of nitrogens with one attached hydrogen (secondary N) is 2. The van der Waals surface area contributed by atoms with Gasteiger partial charge in [-0.15, -0.1) is 0 Å². The number of cyclic esters (lactones) is 1. The van der Waals surface area contributed by atoms with Gasteiger partial charge in [-0.3, -0.25) is 4.79 Å². The van der Waals surface area contributed by atoms with Gasteiger partial charge in [-0.25, -0.2) is 14.5 Å². The summed E-state index contributed by atoms with van der Waals surface area (Å²) in [4.78, 5) is 35.1. The van der Waals surface area contributed by atoms with Crippen LogP contribution in [0.5, 0.6) is 0 Å². The van der Waals surface area contributed by atoms with Crippen LogP contribution in [-0.2, 0) is 9.53 Å². The van der Waals surface area contributed by atoms with Crippen LogP contribution >= 0.6 is 0 Å². The second-order valence-corrected chi connectivity index (χ2v) is 4.78. The summed E-state index contributed by atoms with van der Waals surface area (Å²) < 4.78 is 4.56. The van der Waals surface area contributed by atoms with Crippen LogP contribution in [0.15, 0.2) is 18.2 Å². The fourth-order valence-electron chi connectivity index (χ4n) is 1.87. The molecule has 1 aromatic rings. The normalized spacial score (nSPS) is 14.1. The third kappa shape index (κ3) is 3.71. The first kappa shape index (κ1) is 14.8. The number of imide groups is 1. The molecule has 0 bridgehead atoms. The summed E-state index contributed by atoms with van der Waals surface area (Å²) in [5, 5.41) is 5.27. The Hall–Kier alpha value is -2.57.